The summed E-state index contributed by atoms with van der Waals surface area (Å²) in [6, 6.07) is 17.6. The maximum Gasteiger partial charge on any atom is 0.125 e. The third-order valence-corrected chi connectivity index (χ3v) is 4.92. The zero-order chi connectivity index (χ0) is 16.5. The van der Waals surface area contributed by atoms with Crippen molar-refractivity contribution in [1.82, 2.24) is 9.97 Å². The van der Waals surface area contributed by atoms with Gasteiger partial charge in [-0.3, -0.25) is 0 Å². The molecule has 0 aliphatic carbocycles. The molecule has 0 fully saturated rings. The molecule has 0 saturated carbocycles. The number of pyridine rings is 1. The minimum atomic E-state index is 0.269. The number of aromatic hydroxyl groups is 1. The topological polar surface area (TPSA) is 58.0 Å². The summed E-state index contributed by atoms with van der Waals surface area (Å²) in [6.45, 7) is 0. The van der Waals surface area contributed by atoms with E-state index in [1.165, 1.54) is 0 Å². The Morgan fingerprint density at radius 3 is 2.38 bits per heavy atom. The van der Waals surface area contributed by atoms with Crippen molar-refractivity contribution in [3.8, 4) is 27.4 Å². The molecule has 118 valence electrons. The van der Waals surface area contributed by atoms with Crippen LogP contribution in [0.2, 0.25) is 0 Å². The molecular weight excluding hydrogens is 318 g/mol. The van der Waals surface area contributed by atoms with Crippen molar-refractivity contribution in [1.29, 1.82) is 0 Å². The number of benzene rings is 2. The predicted molar refractivity (Wildman–Crippen MR) is 99.5 cm³/mol. The van der Waals surface area contributed by atoms with Crippen LogP contribution in [0.15, 0.2) is 60.8 Å². The van der Waals surface area contributed by atoms with Crippen molar-refractivity contribution in [2.45, 2.75) is 0 Å². The van der Waals surface area contributed by atoms with Crippen LogP contribution in [0.25, 0.3) is 31.9 Å². The van der Waals surface area contributed by atoms with Gasteiger partial charge in [-0.05, 0) is 35.9 Å². The highest BCUT2D eigenvalue weighted by molar-refractivity contribution is 7.21. The van der Waals surface area contributed by atoms with Gasteiger partial charge in [0.05, 0.1) is 10.2 Å². The predicted octanol–water partition coefficient (Wildman–Crippen LogP) is 4.77. The Labute approximate surface area is 143 Å². The van der Waals surface area contributed by atoms with E-state index in [4.69, 9.17) is 0 Å². The molecule has 0 unspecified atom stereocenters. The number of phenolic OH excluding ortho intramolecular Hbond substituents is 1. The summed E-state index contributed by atoms with van der Waals surface area (Å²) in [5.41, 5.74) is 4.17. The summed E-state index contributed by atoms with van der Waals surface area (Å²) < 4.78 is 0.987. The molecule has 0 atom stereocenters. The van der Waals surface area contributed by atoms with E-state index in [-0.39, 0.29) is 5.75 Å². The van der Waals surface area contributed by atoms with E-state index < -0.39 is 0 Å². The lowest BCUT2D eigenvalue weighted by Gasteiger charge is -2.04. The molecule has 0 bridgehead atoms. The average Bonchev–Trinajstić information content (AvgIpc) is 3.05. The Hall–Kier alpha value is -2.92. The molecule has 2 aromatic carbocycles. The molecule has 0 aliphatic heterocycles. The van der Waals surface area contributed by atoms with Gasteiger partial charge in [0.1, 0.15) is 16.6 Å². The molecule has 0 spiro atoms. The fourth-order valence-corrected chi connectivity index (χ4v) is 3.56. The van der Waals surface area contributed by atoms with Crippen LogP contribution in [0.3, 0.4) is 0 Å². The molecule has 24 heavy (non-hydrogen) atoms. The number of thiazole rings is 1. The fraction of sp³-hybridized carbons (Fsp3) is 0.0526. The van der Waals surface area contributed by atoms with Gasteiger partial charge in [0, 0.05) is 24.4 Å². The van der Waals surface area contributed by atoms with Crippen LogP contribution in [0, 0.1) is 0 Å². The number of nitrogens with zero attached hydrogens (tertiary/aromatic N) is 2. The molecule has 0 saturated heterocycles. The molecule has 2 heterocycles. The number of nitrogens with one attached hydrogen (secondary N) is 1. The van der Waals surface area contributed by atoms with Gasteiger partial charge in [-0.25, -0.2) is 9.97 Å². The van der Waals surface area contributed by atoms with Crippen molar-refractivity contribution in [3.63, 3.8) is 0 Å². The Balaban J connectivity index is 1.66. The molecule has 5 heteroatoms. The van der Waals surface area contributed by atoms with E-state index in [0.717, 1.165) is 37.7 Å². The fourth-order valence-electron chi connectivity index (χ4n) is 2.55. The standard InChI is InChI=1S/C19H15N3OS/c1-20-18-9-6-14(11-21-18)12-2-4-13(5-3-12)19-22-16-8-7-15(23)10-17(16)24-19/h2-11,23H,1H3,(H,20,21). The Kier molecular flexibility index (Phi) is 3.63. The normalized spacial score (nSPS) is 10.9. The Bertz CT molecular complexity index is 991. The molecule has 0 amide bonds. The molecule has 0 aliphatic rings. The summed E-state index contributed by atoms with van der Waals surface area (Å²) in [4.78, 5) is 8.98. The number of phenols is 1. The van der Waals surface area contributed by atoms with Crippen molar-refractivity contribution >= 4 is 27.4 Å². The second kappa shape index (κ2) is 5.94. The van der Waals surface area contributed by atoms with Crippen molar-refractivity contribution < 1.29 is 5.11 Å². The quantitative estimate of drug-likeness (QED) is 0.567. The highest BCUT2D eigenvalue weighted by Gasteiger charge is 2.07. The van der Waals surface area contributed by atoms with E-state index in [1.807, 2.05) is 31.4 Å². The van der Waals surface area contributed by atoms with Crippen molar-refractivity contribution in [3.05, 3.63) is 60.8 Å². The average molecular weight is 333 g/mol. The van der Waals surface area contributed by atoms with Crippen molar-refractivity contribution in [2.24, 2.45) is 0 Å². The van der Waals surface area contributed by atoms with Crippen LogP contribution < -0.4 is 5.32 Å². The SMILES string of the molecule is CNc1ccc(-c2ccc(-c3nc4ccc(O)cc4s3)cc2)cn1. The minimum absolute atomic E-state index is 0.269. The summed E-state index contributed by atoms with van der Waals surface area (Å²) >= 11 is 1.58. The van der Waals surface area contributed by atoms with Gasteiger partial charge in [-0.2, -0.15) is 0 Å². The number of rotatable bonds is 3. The van der Waals surface area contributed by atoms with Crippen LogP contribution >= 0.6 is 11.3 Å². The number of hydrogen-bond donors (Lipinski definition) is 2. The van der Waals surface area contributed by atoms with E-state index in [0.29, 0.717) is 0 Å². The lowest BCUT2D eigenvalue weighted by atomic mass is 10.1. The van der Waals surface area contributed by atoms with Gasteiger partial charge in [0.2, 0.25) is 0 Å². The van der Waals surface area contributed by atoms with E-state index in [9.17, 15) is 5.11 Å². The summed E-state index contributed by atoms with van der Waals surface area (Å²) in [5.74, 6) is 1.12. The first-order chi connectivity index (χ1) is 11.7. The van der Waals surface area contributed by atoms with Crippen LogP contribution in [-0.2, 0) is 0 Å². The van der Waals surface area contributed by atoms with Crippen molar-refractivity contribution in [2.75, 3.05) is 12.4 Å². The summed E-state index contributed by atoms with van der Waals surface area (Å²) in [6.07, 6.45) is 1.86. The van der Waals surface area contributed by atoms with E-state index in [1.54, 1.807) is 23.5 Å². The lowest BCUT2D eigenvalue weighted by Crippen LogP contribution is -1.91. The lowest BCUT2D eigenvalue weighted by molar-refractivity contribution is 0.476. The third kappa shape index (κ3) is 2.70. The first-order valence-corrected chi connectivity index (χ1v) is 8.39. The second-order valence-electron chi connectivity index (χ2n) is 5.43. The highest BCUT2D eigenvalue weighted by atomic mass is 32.1. The number of hydrogen-bond acceptors (Lipinski definition) is 5. The zero-order valence-electron chi connectivity index (χ0n) is 13.0. The number of fused-ring (bicyclic) bond motifs is 1. The highest BCUT2D eigenvalue weighted by Crippen LogP contribution is 2.33. The minimum Gasteiger partial charge on any atom is -0.508 e. The monoisotopic (exact) mass is 333 g/mol. The molecule has 4 aromatic rings. The zero-order valence-corrected chi connectivity index (χ0v) is 13.8. The van der Waals surface area contributed by atoms with Gasteiger partial charge in [0.25, 0.3) is 0 Å². The maximum atomic E-state index is 9.58. The summed E-state index contributed by atoms with van der Waals surface area (Å²) in [7, 11) is 1.86. The Morgan fingerprint density at radius 1 is 0.917 bits per heavy atom. The number of aromatic nitrogens is 2. The van der Waals surface area contributed by atoms with Gasteiger partial charge in [-0.1, -0.05) is 24.3 Å². The van der Waals surface area contributed by atoms with E-state index in [2.05, 4.69) is 39.6 Å². The van der Waals surface area contributed by atoms with Crippen LogP contribution in [0.1, 0.15) is 0 Å². The molecule has 4 nitrogen and oxygen atoms in total. The Morgan fingerprint density at radius 2 is 1.67 bits per heavy atom. The largest absolute Gasteiger partial charge is 0.508 e. The molecule has 2 aromatic heterocycles. The third-order valence-electron chi connectivity index (χ3n) is 3.86. The van der Waals surface area contributed by atoms with Crippen LogP contribution in [0.5, 0.6) is 5.75 Å². The van der Waals surface area contributed by atoms with Crippen LogP contribution in [-0.4, -0.2) is 22.1 Å². The molecular formula is C19H15N3OS. The molecule has 0 radical (unpaired) electrons. The number of anilines is 1. The van der Waals surface area contributed by atoms with E-state index >= 15 is 0 Å². The maximum absolute atomic E-state index is 9.58. The van der Waals surface area contributed by atoms with Gasteiger partial charge >= 0.3 is 0 Å². The smallest absolute Gasteiger partial charge is 0.125 e. The summed E-state index contributed by atoms with van der Waals surface area (Å²) in [5, 5.41) is 13.5. The van der Waals surface area contributed by atoms with Gasteiger partial charge in [-0.15, -0.1) is 11.3 Å². The van der Waals surface area contributed by atoms with Gasteiger partial charge in [0.15, 0.2) is 0 Å². The first kappa shape index (κ1) is 14.7. The first-order valence-electron chi connectivity index (χ1n) is 7.57. The molecule has 2 N–H and O–H groups in total. The van der Waals surface area contributed by atoms with Crippen LogP contribution in [0.4, 0.5) is 5.82 Å². The second-order valence-corrected chi connectivity index (χ2v) is 6.46. The molecule has 4 rings (SSSR count). The van der Waals surface area contributed by atoms with Gasteiger partial charge < -0.3 is 10.4 Å².